The zero-order valence-corrected chi connectivity index (χ0v) is 14.2. The number of nitrogens with one attached hydrogen (secondary N) is 2. The molecule has 0 fully saturated rings. The molecule has 28 heavy (non-hydrogen) atoms. The second kappa shape index (κ2) is 5.13. The quantitative estimate of drug-likeness (QED) is 0.458. The van der Waals surface area contributed by atoms with Crippen molar-refractivity contribution in [3.05, 3.63) is 76.0 Å². The Bertz CT molecular complexity index is 1670. The summed E-state index contributed by atoms with van der Waals surface area (Å²) in [5, 5.41) is 5.97. The first-order chi connectivity index (χ1) is 13.7. The topological polar surface area (TPSA) is 114 Å². The third kappa shape index (κ3) is 1.87. The zero-order chi connectivity index (χ0) is 18.8. The van der Waals surface area contributed by atoms with Gasteiger partial charge in [0.15, 0.2) is 5.65 Å². The summed E-state index contributed by atoms with van der Waals surface area (Å²) < 4.78 is 3.12. The standard InChI is InChI=1S/C19H11N7O2/c27-18-15-12-4-3-10(7-14(12)24-16(15)20-8-21-18)25-9-22-17-13(19(25)28)6-11-2-1-5-23-26(11)17/h1-9H,(H2,20,21,24,27). The number of nitrogens with zero attached hydrogens (tertiary/aromatic N) is 5. The van der Waals surface area contributed by atoms with Gasteiger partial charge in [0, 0.05) is 17.1 Å². The van der Waals surface area contributed by atoms with Gasteiger partial charge in [0.05, 0.1) is 28.3 Å². The lowest BCUT2D eigenvalue weighted by atomic mass is 10.2. The predicted octanol–water partition coefficient (Wildman–Crippen LogP) is 1.75. The van der Waals surface area contributed by atoms with E-state index in [4.69, 9.17) is 0 Å². The van der Waals surface area contributed by atoms with E-state index in [2.05, 4.69) is 25.0 Å². The average Bonchev–Trinajstić information content (AvgIpc) is 3.27. The number of H-pyrrole nitrogens is 2. The van der Waals surface area contributed by atoms with E-state index in [0.29, 0.717) is 33.3 Å². The summed E-state index contributed by atoms with van der Waals surface area (Å²) in [6, 6.07) is 10.9. The zero-order valence-electron chi connectivity index (χ0n) is 14.2. The summed E-state index contributed by atoms with van der Waals surface area (Å²) in [5.41, 5.74) is 2.77. The fraction of sp³-hybridized carbons (Fsp3) is 0. The Kier molecular flexibility index (Phi) is 2.72. The third-order valence-corrected chi connectivity index (χ3v) is 4.92. The minimum absolute atomic E-state index is 0.193. The van der Waals surface area contributed by atoms with Crippen LogP contribution in [0.15, 0.2) is 64.8 Å². The van der Waals surface area contributed by atoms with Gasteiger partial charge in [-0.05, 0) is 36.4 Å². The van der Waals surface area contributed by atoms with Crippen molar-refractivity contribution in [1.82, 2.24) is 34.1 Å². The lowest BCUT2D eigenvalue weighted by Gasteiger charge is -2.05. The van der Waals surface area contributed by atoms with Crippen LogP contribution in [0.4, 0.5) is 0 Å². The van der Waals surface area contributed by atoms with Crippen LogP contribution in [0.2, 0.25) is 0 Å². The molecule has 0 unspecified atom stereocenters. The van der Waals surface area contributed by atoms with Gasteiger partial charge in [-0.25, -0.2) is 14.5 Å². The van der Waals surface area contributed by atoms with Gasteiger partial charge >= 0.3 is 0 Å². The molecule has 0 bridgehead atoms. The molecular weight excluding hydrogens is 358 g/mol. The third-order valence-electron chi connectivity index (χ3n) is 4.92. The molecule has 6 aromatic rings. The van der Waals surface area contributed by atoms with Crippen molar-refractivity contribution in [2.24, 2.45) is 0 Å². The molecule has 1 aromatic carbocycles. The van der Waals surface area contributed by atoms with Crippen LogP contribution in [0.5, 0.6) is 0 Å². The minimum atomic E-state index is -0.211. The number of aromatic nitrogens is 7. The largest absolute Gasteiger partial charge is 0.339 e. The number of benzene rings is 1. The van der Waals surface area contributed by atoms with Crippen molar-refractivity contribution < 1.29 is 0 Å². The van der Waals surface area contributed by atoms with Crippen LogP contribution >= 0.6 is 0 Å². The Morgan fingerprint density at radius 3 is 2.86 bits per heavy atom. The second-order valence-corrected chi connectivity index (χ2v) is 6.47. The van der Waals surface area contributed by atoms with E-state index in [1.165, 1.54) is 17.2 Å². The Labute approximate surface area is 154 Å². The molecular formula is C19H11N7O2. The molecule has 0 aliphatic rings. The second-order valence-electron chi connectivity index (χ2n) is 6.47. The van der Waals surface area contributed by atoms with Gasteiger partial charge in [0.25, 0.3) is 11.1 Å². The van der Waals surface area contributed by atoms with E-state index in [1.54, 1.807) is 35.0 Å². The Hall–Kier alpha value is -4.27. The van der Waals surface area contributed by atoms with Crippen LogP contribution < -0.4 is 11.1 Å². The molecule has 5 heterocycles. The molecule has 2 N–H and O–H groups in total. The maximum absolute atomic E-state index is 13.1. The highest BCUT2D eigenvalue weighted by Crippen LogP contribution is 2.23. The maximum Gasteiger partial charge on any atom is 0.267 e. The molecule has 0 aliphatic carbocycles. The molecule has 0 radical (unpaired) electrons. The lowest BCUT2D eigenvalue weighted by molar-refractivity contribution is 0.921. The summed E-state index contributed by atoms with van der Waals surface area (Å²) in [6.07, 6.45) is 4.50. The van der Waals surface area contributed by atoms with Crippen LogP contribution in [-0.2, 0) is 0 Å². The van der Waals surface area contributed by atoms with Gasteiger partial charge in [-0.2, -0.15) is 5.10 Å². The van der Waals surface area contributed by atoms with Crippen molar-refractivity contribution in [2.45, 2.75) is 0 Å². The summed E-state index contributed by atoms with van der Waals surface area (Å²) in [7, 11) is 0. The molecule has 0 aliphatic heterocycles. The lowest BCUT2D eigenvalue weighted by Crippen LogP contribution is -2.18. The summed E-state index contributed by atoms with van der Waals surface area (Å²) in [6.45, 7) is 0. The van der Waals surface area contributed by atoms with Gasteiger partial charge in [0.1, 0.15) is 12.0 Å². The Morgan fingerprint density at radius 1 is 1.00 bits per heavy atom. The molecule has 9 heteroatoms. The fourth-order valence-corrected chi connectivity index (χ4v) is 3.63. The van der Waals surface area contributed by atoms with Gasteiger partial charge < -0.3 is 9.97 Å². The maximum atomic E-state index is 13.1. The smallest absolute Gasteiger partial charge is 0.267 e. The number of rotatable bonds is 1. The number of hydrogen-bond acceptors (Lipinski definition) is 5. The highest BCUT2D eigenvalue weighted by molar-refractivity contribution is 6.05. The Morgan fingerprint density at radius 2 is 1.93 bits per heavy atom. The SMILES string of the molecule is O=c1[nH]cnc2[nH]c3cc(-n4cnc5c(cc6cccnn65)c4=O)ccc3c12. The van der Waals surface area contributed by atoms with Crippen molar-refractivity contribution in [3.63, 3.8) is 0 Å². The van der Waals surface area contributed by atoms with Crippen LogP contribution in [0.3, 0.4) is 0 Å². The van der Waals surface area contributed by atoms with Crippen LogP contribution in [0.25, 0.3) is 44.2 Å². The summed E-state index contributed by atoms with van der Waals surface area (Å²) in [5.74, 6) is 0. The minimum Gasteiger partial charge on any atom is -0.339 e. The van der Waals surface area contributed by atoms with E-state index in [1.807, 2.05) is 12.1 Å². The van der Waals surface area contributed by atoms with E-state index in [0.717, 1.165) is 10.9 Å². The van der Waals surface area contributed by atoms with Crippen LogP contribution in [0.1, 0.15) is 0 Å². The number of hydrogen-bond donors (Lipinski definition) is 2. The van der Waals surface area contributed by atoms with E-state index in [-0.39, 0.29) is 11.1 Å². The number of fused-ring (bicyclic) bond motifs is 6. The van der Waals surface area contributed by atoms with Crippen LogP contribution in [-0.4, -0.2) is 34.1 Å². The molecule has 0 amide bonds. The van der Waals surface area contributed by atoms with Crippen molar-refractivity contribution >= 4 is 38.5 Å². The average molecular weight is 369 g/mol. The fourth-order valence-electron chi connectivity index (χ4n) is 3.63. The molecule has 9 nitrogen and oxygen atoms in total. The molecule has 5 aromatic heterocycles. The normalized spacial score (nSPS) is 11.9. The van der Waals surface area contributed by atoms with E-state index in [9.17, 15) is 9.59 Å². The summed E-state index contributed by atoms with van der Waals surface area (Å²) >= 11 is 0. The molecule has 0 saturated heterocycles. The highest BCUT2D eigenvalue weighted by Gasteiger charge is 2.13. The van der Waals surface area contributed by atoms with Gasteiger partial charge in [-0.1, -0.05) is 0 Å². The van der Waals surface area contributed by atoms with Crippen molar-refractivity contribution in [3.8, 4) is 5.69 Å². The highest BCUT2D eigenvalue weighted by atomic mass is 16.1. The van der Waals surface area contributed by atoms with Gasteiger partial charge in [-0.15, -0.1) is 0 Å². The first kappa shape index (κ1) is 14.9. The van der Waals surface area contributed by atoms with Crippen molar-refractivity contribution in [1.29, 1.82) is 0 Å². The van der Waals surface area contributed by atoms with E-state index < -0.39 is 0 Å². The number of aromatic amines is 2. The molecule has 0 atom stereocenters. The Balaban J connectivity index is 1.63. The monoisotopic (exact) mass is 369 g/mol. The van der Waals surface area contributed by atoms with Gasteiger partial charge in [0.2, 0.25) is 0 Å². The predicted molar refractivity (Wildman–Crippen MR) is 104 cm³/mol. The van der Waals surface area contributed by atoms with Gasteiger partial charge in [-0.3, -0.25) is 14.2 Å². The molecule has 6 rings (SSSR count). The molecule has 134 valence electrons. The summed E-state index contributed by atoms with van der Waals surface area (Å²) in [4.78, 5) is 39.5. The van der Waals surface area contributed by atoms with Crippen molar-refractivity contribution in [2.75, 3.05) is 0 Å². The first-order valence-electron chi connectivity index (χ1n) is 8.54. The molecule has 0 saturated carbocycles. The van der Waals surface area contributed by atoms with E-state index >= 15 is 0 Å². The van der Waals surface area contributed by atoms with Crippen LogP contribution in [0, 0.1) is 0 Å². The molecule has 0 spiro atoms. The first-order valence-corrected chi connectivity index (χ1v) is 8.54.